The molecule has 3 nitrogen and oxygen atoms in total. The standard InChI is InChI=1S/C16H16ClNO2/c1-9-6-7-11-12(8-9)16(20)18(15(11)19)14-5-3-4-13(17)10(14)2/h3-6,11-12H,7-8H2,1-2H3/t11-,12-/m1/s1. The maximum Gasteiger partial charge on any atom is 0.238 e. The van der Waals surface area contributed by atoms with E-state index in [0.29, 0.717) is 23.6 Å². The summed E-state index contributed by atoms with van der Waals surface area (Å²) in [6.07, 6.45) is 3.42. The Labute approximate surface area is 123 Å². The largest absolute Gasteiger partial charge is 0.274 e. The minimum absolute atomic E-state index is 0.0854. The van der Waals surface area contributed by atoms with Gasteiger partial charge in [-0.3, -0.25) is 9.59 Å². The predicted octanol–water partition coefficient (Wildman–Crippen LogP) is 3.49. The van der Waals surface area contributed by atoms with Gasteiger partial charge in [-0.25, -0.2) is 4.90 Å². The lowest BCUT2D eigenvalue weighted by atomic mass is 9.82. The number of halogens is 1. The zero-order valence-corrected chi connectivity index (χ0v) is 12.3. The van der Waals surface area contributed by atoms with E-state index in [4.69, 9.17) is 11.6 Å². The maximum atomic E-state index is 12.6. The monoisotopic (exact) mass is 289 g/mol. The second kappa shape index (κ2) is 4.74. The van der Waals surface area contributed by atoms with Gasteiger partial charge >= 0.3 is 0 Å². The van der Waals surface area contributed by atoms with Crippen LogP contribution in [0.3, 0.4) is 0 Å². The quantitative estimate of drug-likeness (QED) is 0.586. The third-order valence-electron chi connectivity index (χ3n) is 4.30. The van der Waals surface area contributed by atoms with Crippen molar-refractivity contribution in [1.82, 2.24) is 0 Å². The number of benzene rings is 1. The third kappa shape index (κ3) is 1.88. The summed E-state index contributed by atoms with van der Waals surface area (Å²) in [5.41, 5.74) is 2.59. The lowest BCUT2D eigenvalue weighted by Gasteiger charge is -2.19. The molecule has 20 heavy (non-hydrogen) atoms. The van der Waals surface area contributed by atoms with E-state index in [-0.39, 0.29) is 23.7 Å². The average molecular weight is 290 g/mol. The fraction of sp³-hybridized carbons (Fsp3) is 0.375. The lowest BCUT2D eigenvalue weighted by molar-refractivity contribution is -0.122. The highest BCUT2D eigenvalue weighted by molar-refractivity contribution is 6.32. The molecule has 4 heteroatoms. The van der Waals surface area contributed by atoms with Crippen molar-refractivity contribution in [2.24, 2.45) is 11.8 Å². The molecule has 0 N–H and O–H groups in total. The molecule has 1 aromatic carbocycles. The molecule has 104 valence electrons. The number of allylic oxidation sites excluding steroid dienone is 2. The van der Waals surface area contributed by atoms with Crippen LogP contribution in [0.25, 0.3) is 0 Å². The van der Waals surface area contributed by atoms with Crippen molar-refractivity contribution in [3.63, 3.8) is 0 Å². The highest BCUT2D eigenvalue weighted by Gasteiger charge is 2.48. The van der Waals surface area contributed by atoms with Gasteiger partial charge in [0.05, 0.1) is 17.5 Å². The van der Waals surface area contributed by atoms with Crippen LogP contribution in [-0.4, -0.2) is 11.8 Å². The van der Waals surface area contributed by atoms with E-state index in [0.717, 1.165) is 5.56 Å². The number of imide groups is 1. The number of amides is 2. The van der Waals surface area contributed by atoms with Gasteiger partial charge in [-0.15, -0.1) is 0 Å². The molecule has 0 saturated carbocycles. The molecule has 2 atom stereocenters. The van der Waals surface area contributed by atoms with Crippen molar-refractivity contribution in [3.05, 3.63) is 40.4 Å². The van der Waals surface area contributed by atoms with Gasteiger partial charge in [-0.2, -0.15) is 0 Å². The first-order valence-electron chi connectivity index (χ1n) is 6.79. The van der Waals surface area contributed by atoms with Crippen molar-refractivity contribution in [1.29, 1.82) is 0 Å². The van der Waals surface area contributed by atoms with Crippen LogP contribution in [0.5, 0.6) is 0 Å². The minimum atomic E-state index is -0.204. The summed E-state index contributed by atoms with van der Waals surface area (Å²) in [5.74, 6) is -0.581. The van der Waals surface area contributed by atoms with E-state index in [9.17, 15) is 9.59 Å². The van der Waals surface area contributed by atoms with Crippen LogP contribution in [0, 0.1) is 18.8 Å². The lowest BCUT2D eigenvalue weighted by Crippen LogP contribution is -2.31. The average Bonchev–Trinajstić information content (AvgIpc) is 2.65. The fourth-order valence-corrected chi connectivity index (χ4v) is 3.28. The fourth-order valence-electron chi connectivity index (χ4n) is 3.11. The topological polar surface area (TPSA) is 37.4 Å². The number of hydrogen-bond acceptors (Lipinski definition) is 2. The number of fused-ring (bicyclic) bond motifs is 1. The summed E-state index contributed by atoms with van der Waals surface area (Å²) in [6.45, 7) is 3.85. The van der Waals surface area contributed by atoms with Gasteiger partial charge in [-0.05, 0) is 44.4 Å². The Morgan fingerprint density at radius 2 is 1.85 bits per heavy atom. The highest BCUT2D eigenvalue weighted by Crippen LogP contribution is 2.41. The molecule has 1 aliphatic carbocycles. The summed E-state index contributed by atoms with van der Waals surface area (Å²) in [4.78, 5) is 26.5. The van der Waals surface area contributed by atoms with Crippen LogP contribution in [0.2, 0.25) is 5.02 Å². The molecule has 1 aliphatic heterocycles. The van der Waals surface area contributed by atoms with Gasteiger partial charge in [0.15, 0.2) is 0 Å². The van der Waals surface area contributed by atoms with E-state index < -0.39 is 0 Å². The molecule has 2 aliphatic rings. The van der Waals surface area contributed by atoms with Gasteiger partial charge < -0.3 is 0 Å². The van der Waals surface area contributed by atoms with Crippen molar-refractivity contribution < 1.29 is 9.59 Å². The molecule has 0 radical (unpaired) electrons. The highest BCUT2D eigenvalue weighted by atomic mass is 35.5. The Morgan fingerprint density at radius 1 is 1.15 bits per heavy atom. The van der Waals surface area contributed by atoms with Gasteiger partial charge in [-0.1, -0.05) is 29.3 Å². The molecule has 2 amide bonds. The SMILES string of the molecule is CC1=CC[C@H]2C(=O)N(c3cccc(Cl)c3C)C(=O)[C@@H]2C1. The van der Waals surface area contributed by atoms with Crippen molar-refractivity contribution in [2.75, 3.05) is 4.90 Å². The number of rotatable bonds is 1. The number of carbonyl (C=O) groups excluding carboxylic acids is 2. The van der Waals surface area contributed by atoms with E-state index in [1.54, 1.807) is 18.2 Å². The molecule has 0 aromatic heterocycles. The number of anilines is 1. The normalized spacial score (nSPS) is 25.8. The third-order valence-corrected chi connectivity index (χ3v) is 4.71. The first-order valence-corrected chi connectivity index (χ1v) is 7.17. The van der Waals surface area contributed by atoms with Gasteiger partial charge in [0, 0.05) is 5.02 Å². The van der Waals surface area contributed by atoms with Crippen LogP contribution in [-0.2, 0) is 9.59 Å². The first-order chi connectivity index (χ1) is 9.50. The molecular formula is C16H16ClNO2. The molecule has 1 saturated heterocycles. The van der Waals surface area contributed by atoms with Gasteiger partial charge in [0.25, 0.3) is 0 Å². The molecule has 1 aromatic rings. The molecule has 1 heterocycles. The van der Waals surface area contributed by atoms with Gasteiger partial charge in [0.1, 0.15) is 0 Å². The van der Waals surface area contributed by atoms with Crippen LogP contribution in [0.15, 0.2) is 29.8 Å². The molecule has 3 rings (SSSR count). The molecule has 0 spiro atoms. The summed E-state index contributed by atoms with van der Waals surface area (Å²) in [6, 6.07) is 5.33. The summed E-state index contributed by atoms with van der Waals surface area (Å²) in [7, 11) is 0. The summed E-state index contributed by atoms with van der Waals surface area (Å²) >= 11 is 6.10. The Bertz CT molecular complexity index is 635. The van der Waals surface area contributed by atoms with Crippen LogP contribution >= 0.6 is 11.6 Å². The van der Waals surface area contributed by atoms with Crippen molar-refractivity contribution in [2.45, 2.75) is 26.7 Å². The van der Waals surface area contributed by atoms with Crippen molar-refractivity contribution >= 4 is 29.1 Å². The smallest absolute Gasteiger partial charge is 0.238 e. The van der Waals surface area contributed by atoms with Crippen LogP contribution < -0.4 is 4.90 Å². The molecule has 0 bridgehead atoms. The van der Waals surface area contributed by atoms with Gasteiger partial charge in [0.2, 0.25) is 11.8 Å². The van der Waals surface area contributed by atoms with Crippen molar-refractivity contribution in [3.8, 4) is 0 Å². The van der Waals surface area contributed by atoms with Crippen LogP contribution in [0.4, 0.5) is 5.69 Å². The van der Waals surface area contributed by atoms with E-state index >= 15 is 0 Å². The zero-order chi connectivity index (χ0) is 14.4. The second-order valence-electron chi connectivity index (χ2n) is 5.60. The van der Waals surface area contributed by atoms with E-state index in [2.05, 4.69) is 6.08 Å². The van der Waals surface area contributed by atoms with E-state index in [1.165, 1.54) is 10.5 Å². The maximum absolute atomic E-state index is 12.6. The number of nitrogens with zero attached hydrogens (tertiary/aromatic N) is 1. The zero-order valence-electron chi connectivity index (χ0n) is 11.5. The van der Waals surface area contributed by atoms with E-state index in [1.807, 2.05) is 13.8 Å². The predicted molar refractivity (Wildman–Crippen MR) is 78.7 cm³/mol. The van der Waals surface area contributed by atoms with Crippen LogP contribution in [0.1, 0.15) is 25.3 Å². The molecular weight excluding hydrogens is 274 g/mol. The number of hydrogen-bond donors (Lipinski definition) is 0. The number of carbonyl (C=O) groups is 2. The first kappa shape index (κ1) is 13.4. The Morgan fingerprint density at radius 3 is 2.60 bits per heavy atom. The Kier molecular flexibility index (Phi) is 3.17. The Balaban J connectivity index is 2.02. The Hall–Kier alpha value is -1.61. The second-order valence-corrected chi connectivity index (χ2v) is 6.01. The molecule has 1 fully saturated rings. The minimum Gasteiger partial charge on any atom is -0.274 e. The summed E-state index contributed by atoms with van der Waals surface area (Å²) in [5, 5.41) is 0.576. The molecule has 0 unspecified atom stereocenters. The summed E-state index contributed by atoms with van der Waals surface area (Å²) < 4.78 is 0.